The molecule has 1 fully saturated rings. The van der Waals surface area contributed by atoms with Gasteiger partial charge in [0.2, 0.25) is 0 Å². The molecule has 17 heavy (non-hydrogen) atoms. The molecule has 1 aliphatic carbocycles. The van der Waals surface area contributed by atoms with Crippen LogP contribution >= 0.6 is 0 Å². The highest BCUT2D eigenvalue weighted by molar-refractivity contribution is 5.74. The average molecular weight is 242 g/mol. The number of urea groups is 1. The summed E-state index contributed by atoms with van der Waals surface area (Å²) in [4.78, 5) is 11.7. The van der Waals surface area contributed by atoms with E-state index in [9.17, 15) is 4.79 Å². The van der Waals surface area contributed by atoms with Gasteiger partial charge in [-0.1, -0.05) is 26.7 Å². The standard InChI is InChI=1S/C13H26N2O2/c1-3-11(9-16)14-13(17)15-12-6-4-5-10(2)7-8-12/h10-12,16H,3-9H2,1-2H3,(H2,14,15,17)/t10-,11-,12-/m1/s1. The molecule has 100 valence electrons. The number of carbonyl (C=O) groups excluding carboxylic acids is 1. The van der Waals surface area contributed by atoms with Gasteiger partial charge in [-0.25, -0.2) is 4.79 Å². The van der Waals surface area contributed by atoms with E-state index in [-0.39, 0.29) is 18.7 Å². The molecule has 0 heterocycles. The highest BCUT2D eigenvalue weighted by Gasteiger charge is 2.18. The zero-order chi connectivity index (χ0) is 12.7. The molecule has 0 spiro atoms. The molecule has 4 heteroatoms. The van der Waals surface area contributed by atoms with Crippen LogP contribution < -0.4 is 10.6 Å². The Morgan fingerprint density at radius 1 is 1.35 bits per heavy atom. The van der Waals surface area contributed by atoms with Crippen LogP contribution in [0.4, 0.5) is 4.79 Å². The fourth-order valence-corrected chi connectivity index (χ4v) is 2.32. The van der Waals surface area contributed by atoms with Crippen molar-refractivity contribution in [1.82, 2.24) is 10.6 Å². The lowest BCUT2D eigenvalue weighted by Gasteiger charge is -2.20. The van der Waals surface area contributed by atoms with Crippen LogP contribution in [0.25, 0.3) is 0 Å². The van der Waals surface area contributed by atoms with Crippen LogP contribution in [0.3, 0.4) is 0 Å². The van der Waals surface area contributed by atoms with Crippen molar-refractivity contribution in [3.63, 3.8) is 0 Å². The molecule has 0 aromatic heterocycles. The van der Waals surface area contributed by atoms with Gasteiger partial charge >= 0.3 is 6.03 Å². The highest BCUT2D eigenvalue weighted by atomic mass is 16.3. The largest absolute Gasteiger partial charge is 0.394 e. The van der Waals surface area contributed by atoms with Gasteiger partial charge in [-0.3, -0.25) is 0 Å². The molecular weight excluding hydrogens is 216 g/mol. The van der Waals surface area contributed by atoms with E-state index in [0.717, 1.165) is 25.2 Å². The number of amides is 2. The Kier molecular flexibility index (Phi) is 6.34. The van der Waals surface area contributed by atoms with Gasteiger partial charge < -0.3 is 15.7 Å². The highest BCUT2D eigenvalue weighted by Crippen LogP contribution is 2.22. The molecule has 4 nitrogen and oxygen atoms in total. The minimum atomic E-state index is -0.134. The van der Waals surface area contributed by atoms with Crippen molar-refractivity contribution in [2.45, 2.75) is 64.5 Å². The van der Waals surface area contributed by atoms with Crippen LogP contribution in [0.15, 0.2) is 0 Å². The molecule has 0 radical (unpaired) electrons. The minimum Gasteiger partial charge on any atom is -0.394 e. The van der Waals surface area contributed by atoms with E-state index in [0.29, 0.717) is 6.04 Å². The van der Waals surface area contributed by atoms with Gasteiger partial charge in [0.05, 0.1) is 12.6 Å². The molecule has 0 bridgehead atoms. The van der Waals surface area contributed by atoms with Crippen molar-refractivity contribution in [1.29, 1.82) is 0 Å². The van der Waals surface area contributed by atoms with E-state index >= 15 is 0 Å². The molecular formula is C13H26N2O2. The molecule has 1 aliphatic rings. The van der Waals surface area contributed by atoms with E-state index in [1.165, 1.54) is 19.3 Å². The molecule has 0 saturated heterocycles. The summed E-state index contributed by atoms with van der Waals surface area (Å²) in [5.41, 5.74) is 0. The zero-order valence-corrected chi connectivity index (χ0v) is 11.0. The smallest absolute Gasteiger partial charge is 0.315 e. The first kappa shape index (κ1) is 14.3. The van der Waals surface area contributed by atoms with Crippen molar-refractivity contribution < 1.29 is 9.90 Å². The zero-order valence-electron chi connectivity index (χ0n) is 11.0. The molecule has 0 aliphatic heterocycles. The summed E-state index contributed by atoms with van der Waals surface area (Å²) in [6, 6.07) is 0.0429. The fraction of sp³-hybridized carbons (Fsp3) is 0.923. The van der Waals surface area contributed by atoms with E-state index in [1.807, 2.05) is 6.92 Å². The molecule has 0 aromatic rings. The van der Waals surface area contributed by atoms with Crippen molar-refractivity contribution in [3.05, 3.63) is 0 Å². The quantitative estimate of drug-likeness (QED) is 0.661. The Morgan fingerprint density at radius 2 is 2.12 bits per heavy atom. The van der Waals surface area contributed by atoms with Crippen molar-refractivity contribution in [3.8, 4) is 0 Å². The topological polar surface area (TPSA) is 61.4 Å². The molecule has 0 unspecified atom stereocenters. The first-order chi connectivity index (χ1) is 8.15. The summed E-state index contributed by atoms with van der Waals surface area (Å²) in [6.45, 7) is 4.24. The summed E-state index contributed by atoms with van der Waals surface area (Å²) in [6.07, 6.45) is 6.57. The molecule has 3 atom stereocenters. The van der Waals surface area contributed by atoms with E-state index in [1.54, 1.807) is 0 Å². The Hall–Kier alpha value is -0.770. The summed E-state index contributed by atoms with van der Waals surface area (Å²) >= 11 is 0. The van der Waals surface area contributed by atoms with Crippen molar-refractivity contribution in [2.24, 2.45) is 5.92 Å². The maximum Gasteiger partial charge on any atom is 0.315 e. The molecule has 1 saturated carbocycles. The molecule has 3 N–H and O–H groups in total. The summed E-state index contributed by atoms with van der Waals surface area (Å²) in [5.74, 6) is 0.783. The number of aliphatic hydroxyl groups is 1. The van der Waals surface area contributed by atoms with Crippen molar-refractivity contribution >= 4 is 6.03 Å². The second-order valence-corrected chi connectivity index (χ2v) is 5.22. The van der Waals surface area contributed by atoms with Crippen LogP contribution in [-0.4, -0.2) is 29.8 Å². The van der Waals surface area contributed by atoms with Crippen LogP contribution in [0.2, 0.25) is 0 Å². The van der Waals surface area contributed by atoms with Gasteiger partial charge in [0.25, 0.3) is 0 Å². The molecule has 0 aromatic carbocycles. The fourth-order valence-electron chi connectivity index (χ4n) is 2.32. The number of hydrogen-bond acceptors (Lipinski definition) is 2. The van der Waals surface area contributed by atoms with Gasteiger partial charge in [-0.15, -0.1) is 0 Å². The maximum absolute atomic E-state index is 11.7. The van der Waals surface area contributed by atoms with Crippen LogP contribution in [0, 0.1) is 5.92 Å². The van der Waals surface area contributed by atoms with Crippen LogP contribution in [0.1, 0.15) is 52.4 Å². The number of nitrogens with one attached hydrogen (secondary N) is 2. The Bertz CT molecular complexity index is 229. The predicted octanol–water partition coefficient (Wildman–Crippen LogP) is 2.03. The normalized spacial score (nSPS) is 27.0. The van der Waals surface area contributed by atoms with Gasteiger partial charge in [-0.2, -0.15) is 0 Å². The number of rotatable bonds is 4. The summed E-state index contributed by atoms with van der Waals surface area (Å²) in [5, 5.41) is 14.8. The van der Waals surface area contributed by atoms with E-state index in [4.69, 9.17) is 5.11 Å². The van der Waals surface area contributed by atoms with Gasteiger partial charge in [0.1, 0.15) is 0 Å². The summed E-state index contributed by atoms with van der Waals surface area (Å²) < 4.78 is 0. The lowest BCUT2D eigenvalue weighted by molar-refractivity contribution is 0.211. The van der Waals surface area contributed by atoms with Gasteiger partial charge in [0, 0.05) is 6.04 Å². The predicted molar refractivity (Wildman–Crippen MR) is 68.9 cm³/mol. The third kappa shape index (κ3) is 5.39. The Balaban J connectivity index is 2.29. The lowest BCUT2D eigenvalue weighted by Crippen LogP contribution is -2.47. The lowest BCUT2D eigenvalue weighted by atomic mass is 10.0. The second kappa shape index (κ2) is 7.54. The van der Waals surface area contributed by atoms with E-state index in [2.05, 4.69) is 17.6 Å². The van der Waals surface area contributed by atoms with Gasteiger partial charge in [-0.05, 0) is 31.6 Å². The third-order valence-electron chi connectivity index (χ3n) is 3.64. The monoisotopic (exact) mass is 242 g/mol. The maximum atomic E-state index is 11.7. The average Bonchev–Trinajstić information content (AvgIpc) is 2.51. The van der Waals surface area contributed by atoms with Gasteiger partial charge in [0.15, 0.2) is 0 Å². The second-order valence-electron chi connectivity index (χ2n) is 5.22. The SMILES string of the molecule is CC[C@H](CO)NC(=O)N[C@@H]1CCC[C@@H](C)CC1. The Morgan fingerprint density at radius 3 is 2.76 bits per heavy atom. The molecule has 2 amide bonds. The Labute approximate surface area is 104 Å². The van der Waals surface area contributed by atoms with Crippen LogP contribution in [0.5, 0.6) is 0 Å². The third-order valence-corrected chi connectivity index (χ3v) is 3.64. The van der Waals surface area contributed by atoms with E-state index < -0.39 is 0 Å². The van der Waals surface area contributed by atoms with Crippen LogP contribution in [-0.2, 0) is 0 Å². The summed E-state index contributed by atoms with van der Waals surface area (Å²) in [7, 11) is 0. The molecule has 1 rings (SSSR count). The number of aliphatic hydroxyl groups excluding tert-OH is 1. The van der Waals surface area contributed by atoms with Crippen molar-refractivity contribution in [2.75, 3.05) is 6.61 Å². The number of hydrogen-bond donors (Lipinski definition) is 3. The minimum absolute atomic E-state index is 0.00558. The first-order valence-corrected chi connectivity index (χ1v) is 6.83. The number of carbonyl (C=O) groups is 1. The first-order valence-electron chi connectivity index (χ1n) is 6.83.